The van der Waals surface area contributed by atoms with Crippen molar-refractivity contribution in [3.63, 3.8) is 0 Å². The van der Waals surface area contributed by atoms with Gasteiger partial charge < -0.3 is 9.46 Å². The second kappa shape index (κ2) is 5.73. The van der Waals surface area contributed by atoms with Crippen LogP contribution in [0.4, 0.5) is 5.69 Å². The Labute approximate surface area is 111 Å². The Hall–Kier alpha value is -1.75. The molecule has 0 aliphatic rings. The summed E-state index contributed by atoms with van der Waals surface area (Å²) in [5, 5.41) is 0.707. The number of aryl methyl sites for hydroxylation is 2. The van der Waals surface area contributed by atoms with Gasteiger partial charge in [-0.3, -0.25) is 0 Å². The number of methoxy groups -OCH3 is 1. The Bertz CT molecular complexity index is 525. The van der Waals surface area contributed by atoms with Crippen molar-refractivity contribution in [2.45, 2.75) is 19.0 Å². The minimum Gasteiger partial charge on any atom is -0.495 e. The monoisotopic (exact) mass is 261 g/mol. The highest BCUT2D eigenvalue weighted by Gasteiger charge is 2.04. The van der Waals surface area contributed by atoms with Crippen LogP contribution < -0.4 is 9.46 Å². The fraction of sp³-hybridized carbons (Fsp3) is 0.231. The molecule has 0 saturated heterocycles. The highest BCUT2D eigenvalue weighted by Crippen LogP contribution is 2.27. The maximum atomic E-state index is 5.26. The Balaban J connectivity index is 2.11. The summed E-state index contributed by atoms with van der Waals surface area (Å²) < 4.78 is 8.47. The van der Waals surface area contributed by atoms with Gasteiger partial charge in [0.05, 0.1) is 12.8 Å². The highest BCUT2D eigenvalue weighted by molar-refractivity contribution is 8.00. The van der Waals surface area contributed by atoms with Gasteiger partial charge in [0.15, 0.2) is 0 Å². The second-order valence-electron chi connectivity index (χ2n) is 3.84. The molecule has 1 aromatic carbocycles. The molecule has 2 aromatic rings. The molecule has 0 aliphatic carbocycles. The lowest BCUT2D eigenvalue weighted by Crippen LogP contribution is -1.97. The highest BCUT2D eigenvalue weighted by atomic mass is 32.2. The zero-order valence-electron chi connectivity index (χ0n) is 10.6. The van der Waals surface area contributed by atoms with E-state index in [-0.39, 0.29) is 0 Å². The molecule has 18 heavy (non-hydrogen) atoms. The molecule has 1 aromatic heterocycles. The van der Waals surface area contributed by atoms with E-state index in [4.69, 9.17) is 4.74 Å². The van der Waals surface area contributed by atoms with Gasteiger partial charge in [0.2, 0.25) is 5.16 Å². The number of rotatable bonds is 4. The summed E-state index contributed by atoms with van der Waals surface area (Å²) in [6.07, 6.45) is 0. The summed E-state index contributed by atoms with van der Waals surface area (Å²) in [4.78, 5) is 8.71. The maximum absolute atomic E-state index is 5.26. The van der Waals surface area contributed by atoms with E-state index < -0.39 is 0 Å². The predicted octanol–water partition coefficient (Wildman–Crippen LogP) is 3.22. The summed E-state index contributed by atoms with van der Waals surface area (Å²) >= 11 is 1.38. The zero-order valence-corrected chi connectivity index (χ0v) is 11.4. The van der Waals surface area contributed by atoms with Crippen LogP contribution >= 0.6 is 11.9 Å². The molecule has 1 heterocycles. The number of ether oxygens (including phenoxy) is 1. The third kappa shape index (κ3) is 3.13. The number of nitrogens with zero attached hydrogens (tertiary/aromatic N) is 2. The van der Waals surface area contributed by atoms with Gasteiger partial charge in [0.1, 0.15) is 5.75 Å². The molecule has 1 N–H and O–H groups in total. The largest absolute Gasteiger partial charge is 0.495 e. The molecule has 0 amide bonds. The molecule has 2 rings (SSSR count). The molecule has 5 heteroatoms. The number of aromatic nitrogens is 2. The minimum absolute atomic E-state index is 0.707. The van der Waals surface area contributed by atoms with Crippen LogP contribution in [0.25, 0.3) is 0 Å². The molecule has 0 atom stereocenters. The van der Waals surface area contributed by atoms with Crippen molar-refractivity contribution in [3.8, 4) is 5.75 Å². The van der Waals surface area contributed by atoms with Crippen LogP contribution in [-0.4, -0.2) is 17.1 Å². The van der Waals surface area contributed by atoms with E-state index in [2.05, 4.69) is 14.7 Å². The van der Waals surface area contributed by atoms with E-state index >= 15 is 0 Å². The summed E-state index contributed by atoms with van der Waals surface area (Å²) in [6.45, 7) is 3.92. The van der Waals surface area contributed by atoms with Gasteiger partial charge >= 0.3 is 0 Å². The van der Waals surface area contributed by atoms with Gasteiger partial charge in [0.25, 0.3) is 0 Å². The number of anilines is 1. The Morgan fingerprint density at radius 1 is 1.11 bits per heavy atom. The lowest BCUT2D eigenvalue weighted by Gasteiger charge is -2.09. The van der Waals surface area contributed by atoms with Crippen molar-refractivity contribution >= 4 is 17.6 Å². The van der Waals surface area contributed by atoms with Gasteiger partial charge in [-0.2, -0.15) is 0 Å². The summed E-state index contributed by atoms with van der Waals surface area (Å²) in [7, 11) is 1.65. The molecule has 4 nitrogen and oxygen atoms in total. The fourth-order valence-electron chi connectivity index (χ4n) is 1.57. The molecular weight excluding hydrogens is 246 g/mol. The molecule has 0 fully saturated rings. The Morgan fingerprint density at radius 2 is 1.78 bits per heavy atom. The van der Waals surface area contributed by atoms with Crippen molar-refractivity contribution in [1.29, 1.82) is 0 Å². The van der Waals surface area contributed by atoms with Crippen LogP contribution in [0.5, 0.6) is 5.75 Å². The average molecular weight is 261 g/mol. The topological polar surface area (TPSA) is 47.0 Å². The van der Waals surface area contributed by atoms with Gasteiger partial charge in [-0.25, -0.2) is 9.97 Å². The van der Waals surface area contributed by atoms with Crippen LogP contribution in [0.3, 0.4) is 0 Å². The quantitative estimate of drug-likeness (QED) is 0.676. The Morgan fingerprint density at radius 3 is 2.44 bits per heavy atom. The van der Waals surface area contributed by atoms with E-state index in [1.54, 1.807) is 7.11 Å². The first-order valence-corrected chi connectivity index (χ1v) is 6.39. The summed E-state index contributed by atoms with van der Waals surface area (Å²) in [6, 6.07) is 9.70. The lowest BCUT2D eigenvalue weighted by molar-refractivity contribution is 0.417. The molecule has 94 valence electrons. The van der Waals surface area contributed by atoms with E-state index in [0.29, 0.717) is 5.16 Å². The van der Waals surface area contributed by atoms with Gasteiger partial charge in [0, 0.05) is 23.3 Å². The third-order valence-electron chi connectivity index (χ3n) is 2.32. The normalized spacial score (nSPS) is 10.2. The second-order valence-corrected chi connectivity index (χ2v) is 4.61. The number of nitrogens with one attached hydrogen (secondary N) is 1. The van der Waals surface area contributed by atoms with Crippen molar-refractivity contribution in [2.75, 3.05) is 11.8 Å². The van der Waals surface area contributed by atoms with Crippen LogP contribution in [-0.2, 0) is 0 Å². The molecule has 0 aliphatic heterocycles. The SMILES string of the molecule is COc1ccccc1NSc1nc(C)cc(C)n1. The molecule has 0 unspecified atom stereocenters. The molecule has 0 bridgehead atoms. The van der Waals surface area contributed by atoms with E-state index in [1.165, 1.54) is 11.9 Å². The zero-order chi connectivity index (χ0) is 13.0. The fourth-order valence-corrected chi connectivity index (χ4v) is 2.32. The summed E-state index contributed by atoms with van der Waals surface area (Å²) in [5.41, 5.74) is 2.84. The van der Waals surface area contributed by atoms with Gasteiger partial charge in [-0.1, -0.05) is 12.1 Å². The molecule has 0 spiro atoms. The van der Waals surface area contributed by atoms with Crippen LogP contribution in [0.2, 0.25) is 0 Å². The van der Waals surface area contributed by atoms with E-state index in [0.717, 1.165) is 22.8 Å². The average Bonchev–Trinajstić information content (AvgIpc) is 2.35. The van der Waals surface area contributed by atoms with Crippen LogP contribution in [0.15, 0.2) is 35.5 Å². The van der Waals surface area contributed by atoms with Crippen LogP contribution in [0.1, 0.15) is 11.4 Å². The number of benzene rings is 1. The first kappa shape index (κ1) is 12.7. The number of hydrogen-bond donors (Lipinski definition) is 1. The van der Waals surface area contributed by atoms with Gasteiger partial charge in [-0.05, 0) is 32.0 Å². The van der Waals surface area contributed by atoms with Crippen molar-refractivity contribution in [3.05, 3.63) is 41.7 Å². The first-order valence-electron chi connectivity index (χ1n) is 5.57. The summed E-state index contributed by atoms with van der Waals surface area (Å²) in [5.74, 6) is 0.800. The van der Waals surface area contributed by atoms with Crippen molar-refractivity contribution < 1.29 is 4.74 Å². The smallest absolute Gasteiger partial charge is 0.208 e. The number of para-hydroxylation sites is 2. The van der Waals surface area contributed by atoms with Crippen LogP contribution in [0, 0.1) is 13.8 Å². The molecular formula is C13H15N3OS. The predicted molar refractivity (Wildman–Crippen MR) is 74.0 cm³/mol. The van der Waals surface area contributed by atoms with E-state index in [9.17, 15) is 0 Å². The van der Waals surface area contributed by atoms with Gasteiger partial charge in [-0.15, -0.1) is 0 Å². The third-order valence-corrected chi connectivity index (χ3v) is 3.01. The van der Waals surface area contributed by atoms with Crippen molar-refractivity contribution in [2.24, 2.45) is 0 Å². The maximum Gasteiger partial charge on any atom is 0.208 e. The Kier molecular flexibility index (Phi) is 4.04. The van der Waals surface area contributed by atoms with Crippen molar-refractivity contribution in [1.82, 2.24) is 9.97 Å². The minimum atomic E-state index is 0.707. The lowest BCUT2D eigenvalue weighted by atomic mass is 10.3. The first-order chi connectivity index (χ1) is 8.69. The molecule has 0 radical (unpaired) electrons. The molecule has 0 saturated carbocycles. The number of hydrogen-bond acceptors (Lipinski definition) is 5. The van der Waals surface area contributed by atoms with E-state index in [1.807, 2.05) is 44.2 Å². The standard InChI is InChI=1S/C13H15N3OS/c1-9-8-10(2)15-13(14-9)18-16-11-6-4-5-7-12(11)17-3/h4-8,16H,1-3H3.